The Morgan fingerprint density at radius 2 is 1.76 bits per heavy atom. The number of hydrogen-bond donors (Lipinski definition) is 2. The molecule has 2 aliphatic carbocycles. The van der Waals surface area contributed by atoms with Crippen molar-refractivity contribution in [1.82, 2.24) is 4.57 Å². The maximum Gasteiger partial charge on any atom is 0.306 e. The Morgan fingerprint density at radius 3 is 2.48 bits per heavy atom. The first kappa shape index (κ1) is 30.5. The Bertz CT molecular complexity index is 1480. The molecule has 0 bridgehead atoms. The Hall–Kier alpha value is -2.91. The van der Waals surface area contributed by atoms with Crippen LogP contribution in [0, 0.1) is 17.8 Å². The monoisotopic (exact) mass is 614 g/mol. The van der Waals surface area contributed by atoms with Gasteiger partial charge in [-0.1, -0.05) is 41.4 Å². The predicted octanol–water partition coefficient (Wildman–Crippen LogP) is 6.55. The number of ether oxygens (including phenoxy) is 2. The number of carbonyl (C=O) groups excluding carboxylic acids is 2. The third-order valence-corrected chi connectivity index (χ3v) is 9.52. The fourth-order valence-corrected chi connectivity index (χ4v) is 6.90. The lowest BCUT2D eigenvalue weighted by molar-refractivity contribution is -0.144. The number of rotatable bonds is 10. The second-order valence-electron chi connectivity index (χ2n) is 11.5. The number of aryl methyl sites for hydroxylation is 1. The summed E-state index contributed by atoms with van der Waals surface area (Å²) in [6, 6.07) is 10.9. The standard InChI is InChI=1S/C32H36Cl2N2O6/c1-36-16-25(23-5-3-4-6-29(23)36)31(38)35-28-15-26(33)19(12-27(28)34)13-30(37)24-14-22(41-2)11-20(24)17-42-21-9-7-18(8-10-21)32(39)40/h3-6,12,15-16,18,20-22,24H,7-11,13-14,17H2,1-2H3,(H,35,38)(H,39,40)/t18?,20-,21?,22-,24?/m0/s1. The number of nitrogens with zero attached hydrogens (tertiary/aromatic N) is 1. The largest absolute Gasteiger partial charge is 0.481 e. The molecule has 1 unspecified atom stereocenters. The summed E-state index contributed by atoms with van der Waals surface area (Å²) in [5, 5.41) is 13.6. The van der Waals surface area contributed by atoms with Crippen molar-refractivity contribution in [3.05, 3.63) is 63.8 Å². The van der Waals surface area contributed by atoms with Gasteiger partial charge in [0.2, 0.25) is 0 Å². The summed E-state index contributed by atoms with van der Waals surface area (Å²) in [4.78, 5) is 37.9. The number of aliphatic carboxylic acids is 1. The number of ketones is 1. The normalized spacial score (nSPS) is 24.1. The number of nitrogens with one attached hydrogen (secondary N) is 1. The van der Waals surface area contributed by atoms with E-state index in [2.05, 4.69) is 5.32 Å². The first-order valence-electron chi connectivity index (χ1n) is 14.4. The zero-order valence-electron chi connectivity index (χ0n) is 23.8. The number of para-hydroxylation sites is 1. The molecule has 224 valence electrons. The number of halogens is 2. The number of fused-ring (bicyclic) bond motifs is 1. The molecule has 2 N–H and O–H groups in total. The Labute approximate surface area is 255 Å². The molecule has 1 heterocycles. The van der Waals surface area contributed by atoms with Crippen molar-refractivity contribution < 1.29 is 29.0 Å². The van der Waals surface area contributed by atoms with E-state index >= 15 is 0 Å². The first-order chi connectivity index (χ1) is 20.1. The van der Waals surface area contributed by atoms with Gasteiger partial charge in [-0.2, -0.15) is 0 Å². The summed E-state index contributed by atoms with van der Waals surface area (Å²) in [5.74, 6) is -1.53. The second-order valence-corrected chi connectivity index (χ2v) is 12.3. The van der Waals surface area contributed by atoms with Crippen LogP contribution in [-0.2, 0) is 32.5 Å². The van der Waals surface area contributed by atoms with E-state index in [1.165, 1.54) is 0 Å². The summed E-state index contributed by atoms with van der Waals surface area (Å²) in [6.07, 6.45) is 5.88. The van der Waals surface area contributed by atoms with Crippen LogP contribution in [0.4, 0.5) is 5.69 Å². The van der Waals surface area contributed by atoms with Gasteiger partial charge in [0.15, 0.2) is 0 Å². The van der Waals surface area contributed by atoms with Crippen LogP contribution in [0.2, 0.25) is 10.0 Å². The Morgan fingerprint density at radius 1 is 1.02 bits per heavy atom. The molecule has 2 saturated carbocycles. The van der Waals surface area contributed by atoms with Crippen LogP contribution in [0.25, 0.3) is 10.9 Å². The van der Waals surface area contributed by atoms with Gasteiger partial charge in [-0.3, -0.25) is 14.4 Å². The van der Waals surface area contributed by atoms with Gasteiger partial charge in [-0.25, -0.2) is 0 Å². The van der Waals surface area contributed by atoms with E-state index in [1.807, 2.05) is 35.9 Å². The number of carboxylic acids is 1. The minimum atomic E-state index is -0.739. The predicted molar refractivity (Wildman–Crippen MR) is 162 cm³/mol. The van der Waals surface area contributed by atoms with Crippen molar-refractivity contribution in [3.63, 3.8) is 0 Å². The van der Waals surface area contributed by atoms with Gasteiger partial charge in [0, 0.05) is 48.6 Å². The third-order valence-electron chi connectivity index (χ3n) is 8.86. The number of benzene rings is 2. The number of anilines is 1. The van der Waals surface area contributed by atoms with E-state index < -0.39 is 5.97 Å². The number of carbonyl (C=O) groups is 3. The SMILES string of the molecule is CO[C@@H]1CC(C(=O)Cc2cc(Cl)c(NC(=O)c3cn(C)c4ccccc34)cc2Cl)[C@H](COC2CCC(C(=O)O)CC2)C1. The van der Waals surface area contributed by atoms with Crippen LogP contribution in [0.1, 0.15) is 54.4 Å². The number of Topliss-reactive ketones (excluding diaryl/α,β-unsaturated/α-hetero) is 1. The molecule has 1 amide bonds. The molecule has 42 heavy (non-hydrogen) atoms. The summed E-state index contributed by atoms with van der Waals surface area (Å²) < 4.78 is 13.7. The summed E-state index contributed by atoms with van der Waals surface area (Å²) in [7, 11) is 3.54. The lowest BCUT2D eigenvalue weighted by Crippen LogP contribution is -2.30. The van der Waals surface area contributed by atoms with Gasteiger partial charge in [-0.05, 0) is 68.2 Å². The zero-order valence-corrected chi connectivity index (χ0v) is 25.3. The molecule has 1 aromatic heterocycles. The van der Waals surface area contributed by atoms with E-state index in [0.29, 0.717) is 65.6 Å². The summed E-state index contributed by atoms with van der Waals surface area (Å²) >= 11 is 13.2. The molecule has 2 fully saturated rings. The van der Waals surface area contributed by atoms with Crippen molar-refractivity contribution in [2.45, 2.75) is 57.2 Å². The molecule has 0 saturated heterocycles. The highest BCUT2D eigenvalue weighted by atomic mass is 35.5. The highest BCUT2D eigenvalue weighted by Crippen LogP contribution is 2.38. The van der Waals surface area contributed by atoms with E-state index in [1.54, 1.807) is 25.4 Å². The molecule has 8 nitrogen and oxygen atoms in total. The molecular weight excluding hydrogens is 579 g/mol. The van der Waals surface area contributed by atoms with Gasteiger partial charge < -0.3 is 24.5 Å². The molecule has 3 atom stereocenters. The highest BCUT2D eigenvalue weighted by Gasteiger charge is 2.39. The lowest BCUT2D eigenvalue weighted by atomic mass is 9.87. The van der Waals surface area contributed by atoms with Gasteiger partial charge in [0.1, 0.15) is 5.78 Å². The van der Waals surface area contributed by atoms with Gasteiger partial charge in [0.25, 0.3) is 5.91 Å². The molecule has 3 aromatic rings. The third kappa shape index (κ3) is 6.67. The van der Waals surface area contributed by atoms with Crippen molar-refractivity contribution in [1.29, 1.82) is 0 Å². The fourth-order valence-electron chi connectivity index (χ4n) is 6.43. The molecule has 10 heteroatoms. The lowest BCUT2D eigenvalue weighted by Gasteiger charge is -2.28. The maximum absolute atomic E-state index is 13.5. The molecule has 0 spiro atoms. The minimum Gasteiger partial charge on any atom is -0.481 e. The molecule has 0 radical (unpaired) electrons. The van der Waals surface area contributed by atoms with Crippen molar-refractivity contribution in [3.8, 4) is 0 Å². The van der Waals surface area contributed by atoms with Crippen LogP contribution >= 0.6 is 23.2 Å². The molecular formula is C32H36Cl2N2O6. The van der Waals surface area contributed by atoms with Crippen LogP contribution in [-0.4, -0.2) is 53.3 Å². The Balaban J connectivity index is 1.23. The van der Waals surface area contributed by atoms with Gasteiger partial charge in [0.05, 0.1) is 41.0 Å². The van der Waals surface area contributed by atoms with Crippen molar-refractivity contribution in [2.75, 3.05) is 19.0 Å². The first-order valence-corrected chi connectivity index (χ1v) is 15.1. The minimum absolute atomic E-state index is 0.00755. The summed E-state index contributed by atoms with van der Waals surface area (Å²) in [5.41, 5.74) is 2.44. The average Bonchev–Trinajstić information content (AvgIpc) is 3.56. The van der Waals surface area contributed by atoms with Crippen molar-refractivity contribution >= 4 is 57.5 Å². The number of methoxy groups -OCH3 is 1. The van der Waals surface area contributed by atoms with E-state index in [-0.39, 0.29) is 48.1 Å². The number of carboxylic acid groups (broad SMARTS) is 1. The molecule has 2 aliphatic rings. The van der Waals surface area contributed by atoms with E-state index in [0.717, 1.165) is 17.3 Å². The van der Waals surface area contributed by atoms with Crippen LogP contribution in [0.3, 0.4) is 0 Å². The molecule has 0 aliphatic heterocycles. The molecule has 5 rings (SSSR count). The molecule has 2 aromatic carbocycles. The quantitative estimate of drug-likeness (QED) is 0.268. The zero-order chi connectivity index (χ0) is 30.0. The number of hydrogen-bond acceptors (Lipinski definition) is 5. The van der Waals surface area contributed by atoms with E-state index in [9.17, 15) is 19.5 Å². The van der Waals surface area contributed by atoms with E-state index in [4.69, 9.17) is 32.7 Å². The van der Waals surface area contributed by atoms with Gasteiger partial charge in [-0.15, -0.1) is 0 Å². The van der Waals surface area contributed by atoms with Crippen LogP contribution in [0.5, 0.6) is 0 Å². The van der Waals surface area contributed by atoms with Crippen molar-refractivity contribution in [2.24, 2.45) is 24.8 Å². The fraction of sp³-hybridized carbons (Fsp3) is 0.469. The maximum atomic E-state index is 13.5. The number of amides is 1. The topological polar surface area (TPSA) is 107 Å². The average molecular weight is 616 g/mol. The smallest absolute Gasteiger partial charge is 0.306 e. The van der Waals surface area contributed by atoms with Crippen LogP contribution < -0.4 is 5.32 Å². The summed E-state index contributed by atoms with van der Waals surface area (Å²) in [6.45, 7) is 0.437. The number of aromatic nitrogens is 1. The highest BCUT2D eigenvalue weighted by molar-refractivity contribution is 6.36. The second kappa shape index (κ2) is 13.2. The van der Waals surface area contributed by atoms with Crippen LogP contribution in [0.15, 0.2) is 42.6 Å². The Kier molecular flexibility index (Phi) is 9.57. The van der Waals surface area contributed by atoms with Gasteiger partial charge >= 0.3 is 5.97 Å².